The van der Waals surface area contributed by atoms with Gasteiger partial charge >= 0.3 is 5.97 Å². The van der Waals surface area contributed by atoms with Crippen LogP contribution in [0.5, 0.6) is 0 Å². The maximum absolute atomic E-state index is 13.2. The van der Waals surface area contributed by atoms with Crippen molar-refractivity contribution >= 4 is 15.8 Å². The molecular weight excluding hydrogens is 426 g/mol. The molecule has 0 N–H and O–H groups in total. The van der Waals surface area contributed by atoms with Crippen molar-refractivity contribution in [1.29, 1.82) is 0 Å². The Labute approximate surface area is 187 Å². The number of hydrogen-bond donors (Lipinski definition) is 0. The van der Waals surface area contributed by atoms with Gasteiger partial charge in [0.25, 0.3) is 0 Å². The van der Waals surface area contributed by atoms with E-state index in [1.54, 1.807) is 42.5 Å². The molecule has 0 aliphatic rings. The summed E-state index contributed by atoms with van der Waals surface area (Å²) in [6, 6.07) is 15.1. The average Bonchev–Trinajstić information content (AvgIpc) is 2.78. The van der Waals surface area contributed by atoms with Gasteiger partial charge in [-0.05, 0) is 41.8 Å². The van der Waals surface area contributed by atoms with Crippen LogP contribution in [0.25, 0.3) is 22.3 Å². The zero-order chi connectivity index (χ0) is 23.1. The van der Waals surface area contributed by atoms with Crippen molar-refractivity contribution in [2.45, 2.75) is 25.2 Å². The lowest BCUT2D eigenvalue weighted by molar-refractivity contribution is -0.141. The van der Waals surface area contributed by atoms with Gasteiger partial charge in [-0.3, -0.25) is 4.79 Å². The monoisotopic (exact) mass is 449 g/mol. The molecule has 0 saturated carbocycles. The molecule has 0 saturated heterocycles. The number of pyridine rings is 1. The molecule has 164 valence electrons. The Morgan fingerprint density at radius 2 is 1.56 bits per heavy atom. The van der Waals surface area contributed by atoms with E-state index in [-0.39, 0.29) is 21.6 Å². The van der Waals surface area contributed by atoms with Crippen molar-refractivity contribution in [2.24, 2.45) is 0 Å². The molecule has 1 heterocycles. The molecule has 1 aromatic heterocycles. The van der Waals surface area contributed by atoms with Gasteiger partial charge in [0.1, 0.15) is 0 Å². The minimum atomic E-state index is -3.52. The van der Waals surface area contributed by atoms with Gasteiger partial charge in [0, 0.05) is 18.1 Å². The van der Waals surface area contributed by atoms with Gasteiger partial charge < -0.3 is 4.84 Å². The zero-order valence-corrected chi connectivity index (χ0v) is 18.6. The molecule has 0 atom stereocenters. The van der Waals surface area contributed by atoms with Crippen LogP contribution in [0.2, 0.25) is 0 Å². The van der Waals surface area contributed by atoms with Crippen molar-refractivity contribution in [3.8, 4) is 22.3 Å². The lowest BCUT2D eigenvalue weighted by Gasteiger charge is -2.12. The van der Waals surface area contributed by atoms with Crippen LogP contribution in [0, 0.1) is 0 Å². The SMILES string of the molecule is CCC=C=CCS(=O)(=O)c1ccc(-c2cn(OC(C)=O)cc(-c3ccccc3)c2=O)cc1. The number of benzene rings is 2. The highest BCUT2D eigenvalue weighted by molar-refractivity contribution is 7.91. The van der Waals surface area contributed by atoms with Gasteiger partial charge in [-0.25, -0.2) is 13.2 Å². The maximum Gasteiger partial charge on any atom is 0.329 e. The number of aromatic nitrogens is 1. The third-order valence-corrected chi connectivity index (χ3v) is 6.18. The standard InChI is InChI=1S/C25H23NO5S/c1-3-4-5-9-16-32(29,30)22-14-12-21(13-15-22)24-18-26(31-19(2)27)17-23(25(24)28)20-10-7-6-8-11-20/h4,6-15,17-18H,3,16H2,1-2H3. The molecule has 0 unspecified atom stereocenters. The largest absolute Gasteiger partial charge is 0.337 e. The molecule has 0 amide bonds. The fraction of sp³-hybridized carbons (Fsp3) is 0.160. The lowest BCUT2D eigenvalue weighted by atomic mass is 10.0. The minimum Gasteiger partial charge on any atom is -0.337 e. The van der Waals surface area contributed by atoms with E-state index < -0.39 is 15.8 Å². The molecule has 0 spiro atoms. The van der Waals surface area contributed by atoms with Crippen LogP contribution < -0.4 is 10.3 Å². The van der Waals surface area contributed by atoms with E-state index in [1.165, 1.54) is 42.3 Å². The summed E-state index contributed by atoms with van der Waals surface area (Å²) in [4.78, 5) is 30.0. The predicted octanol–water partition coefficient (Wildman–Crippen LogP) is 4.05. The quantitative estimate of drug-likeness (QED) is 0.508. The Balaban J connectivity index is 2.04. The van der Waals surface area contributed by atoms with E-state index in [0.29, 0.717) is 16.7 Å². The lowest BCUT2D eigenvalue weighted by Crippen LogP contribution is -2.21. The maximum atomic E-state index is 13.2. The third kappa shape index (κ3) is 5.52. The summed E-state index contributed by atoms with van der Waals surface area (Å²) in [5, 5.41) is 0. The van der Waals surface area contributed by atoms with Crippen molar-refractivity contribution < 1.29 is 18.0 Å². The van der Waals surface area contributed by atoms with Crippen LogP contribution in [-0.2, 0) is 14.6 Å². The van der Waals surface area contributed by atoms with Gasteiger partial charge in [-0.15, -0.1) is 5.73 Å². The molecule has 2 aromatic carbocycles. The van der Waals surface area contributed by atoms with E-state index in [1.807, 2.05) is 13.0 Å². The molecule has 3 rings (SSSR count). The summed E-state index contributed by atoms with van der Waals surface area (Å²) >= 11 is 0. The van der Waals surface area contributed by atoms with Gasteiger partial charge in [0.15, 0.2) is 15.3 Å². The molecule has 6 nitrogen and oxygen atoms in total. The van der Waals surface area contributed by atoms with Gasteiger partial charge in [0.2, 0.25) is 0 Å². The van der Waals surface area contributed by atoms with Crippen molar-refractivity contribution in [1.82, 2.24) is 4.73 Å². The second-order valence-electron chi connectivity index (χ2n) is 7.01. The number of carbonyl (C=O) groups excluding carboxylic acids is 1. The van der Waals surface area contributed by atoms with E-state index in [2.05, 4.69) is 5.73 Å². The van der Waals surface area contributed by atoms with Crippen LogP contribution in [0.3, 0.4) is 0 Å². The molecule has 0 fully saturated rings. The number of rotatable bonds is 7. The normalized spacial score (nSPS) is 10.8. The summed E-state index contributed by atoms with van der Waals surface area (Å²) in [5.74, 6) is -0.698. The second-order valence-corrected chi connectivity index (χ2v) is 9.05. The van der Waals surface area contributed by atoms with E-state index in [4.69, 9.17) is 4.84 Å². The summed E-state index contributed by atoms with van der Waals surface area (Å²) in [7, 11) is -3.52. The van der Waals surface area contributed by atoms with Crippen LogP contribution in [-0.4, -0.2) is 24.9 Å². The number of hydrogen-bond acceptors (Lipinski definition) is 5. The molecule has 3 aromatic rings. The number of carbonyl (C=O) groups is 1. The highest BCUT2D eigenvalue weighted by Gasteiger charge is 2.16. The van der Waals surface area contributed by atoms with Crippen molar-refractivity contribution in [3.63, 3.8) is 0 Å². The van der Waals surface area contributed by atoms with Crippen LogP contribution in [0.4, 0.5) is 0 Å². The summed E-state index contributed by atoms with van der Waals surface area (Å²) in [6.07, 6.45) is 6.88. The highest BCUT2D eigenvalue weighted by Crippen LogP contribution is 2.23. The first-order valence-corrected chi connectivity index (χ1v) is 11.7. The van der Waals surface area contributed by atoms with Crippen LogP contribution in [0.15, 0.2) is 94.6 Å². The van der Waals surface area contributed by atoms with E-state index >= 15 is 0 Å². The summed E-state index contributed by atoms with van der Waals surface area (Å²) in [6.45, 7) is 3.21. The van der Waals surface area contributed by atoms with Gasteiger partial charge in [-0.1, -0.05) is 49.4 Å². The van der Waals surface area contributed by atoms with Crippen molar-refractivity contribution in [2.75, 3.05) is 5.75 Å². The number of nitrogens with zero attached hydrogens (tertiary/aromatic N) is 1. The first-order valence-electron chi connectivity index (χ1n) is 10.0. The Morgan fingerprint density at radius 3 is 2.12 bits per heavy atom. The average molecular weight is 450 g/mol. The van der Waals surface area contributed by atoms with Crippen molar-refractivity contribution in [3.05, 3.63) is 95.1 Å². The Bertz CT molecular complexity index is 1330. The molecule has 7 heteroatoms. The fourth-order valence-electron chi connectivity index (χ4n) is 3.08. The topological polar surface area (TPSA) is 82.4 Å². The van der Waals surface area contributed by atoms with Crippen LogP contribution in [0.1, 0.15) is 20.3 Å². The smallest absolute Gasteiger partial charge is 0.329 e. The molecule has 0 radical (unpaired) electrons. The van der Waals surface area contributed by atoms with E-state index in [9.17, 15) is 18.0 Å². The molecule has 32 heavy (non-hydrogen) atoms. The molecule has 0 bridgehead atoms. The second kappa shape index (κ2) is 10.1. The first kappa shape index (κ1) is 23.0. The summed E-state index contributed by atoms with van der Waals surface area (Å²) in [5.41, 5.74) is 4.39. The number of sulfone groups is 1. The first-order chi connectivity index (χ1) is 15.3. The molecule has 0 aliphatic carbocycles. The Hall–Kier alpha value is -3.67. The van der Waals surface area contributed by atoms with E-state index in [0.717, 1.165) is 6.42 Å². The molecular formula is C25H23NO5S. The minimum absolute atomic E-state index is 0.148. The highest BCUT2D eigenvalue weighted by atomic mass is 32.2. The Kier molecular flexibility index (Phi) is 7.25. The van der Waals surface area contributed by atoms with Gasteiger partial charge in [0.05, 0.1) is 23.0 Å². The predicted molar refractivity (Wildman–Crippen MR) is 124 cm³/mol. The van der Waals surface area contributed by atoms with Crippen LogP contribution >= 0.6 is 0 Å². The van der Waals surface area contributed by atoms with Gasteiger partial charge in [-0.2, -0.15) is 4.73 Å². The summed E-state index contributed by atoms with van der Waals surface area (Å²) < 4.78 is 26.2. The molecule has 0 aliphatic heterocycles. The Morgan fingerprint density at radius 1 is 0.969 bits per heavy atom. The third-order valence-electron chi connectivity index (χ3n) is 4.59. The zero-order valence-electron chi connectivity index (χ0n) is 17.8. The fourth-order valence-corrected chi connectivity index (χ4v) is 4.14.